The molecule has 4 rings (SSSR count). The fraction of sp³-hybridized carbons (Fsp3) is 0.118. The van der Waals surface area contributed by atoms with Crippen LogP contribution in [0.5, 0.6) is 0 Å². The number of rotatable bonds is 4. The Hall–Kier alpha value is -2.62. The summed E-state index contributed by atoms with van der Waals surface area (Å²) in [5.74, 6) is -0.689. The average Bonchev–Trinajstić information content (AvgIpc) is 3.04. The minimum atomic E-state index is -0.643. The lowest BCUT2D eigenvalue weighted by atomic mass is 10.0. The van der Waals surface area contributed by atoms with Crippen molar-refractivity contribution in [3.05, 3.63) is 41.2 Å². The van der Waals surface area contributed by atoms with E-state index in [2.05, 4.69) is 20.3 Å². The van der Waals surface area contributed by atoms with E-state index in [1.165, 1.54) is 18.5 Å². The maximum absolute atomic E-state index is 15.4. The standard InChI is InChI=1S/C17H13ClF2N6S/c18-9-5-8-13(24-6-25-16(8)23-4-3-21)12(20)11(9)7-1-2-10(19)15-14(7)26-17(22)27-15/h1-2,5-6H,3-4,21H2,(H2,22,26)(H,23,24,25). The third-order valence-corrected chi connectivity index (χ3v) is 5.23. The van der Waals surface area contributed by atoms with Gasteiger partial charge in [-0.2, -0.15) is 0 Å². The van der Waals surface area contributed by atoms with Crippen LogP contribution in [0.3, 0.4) is 0 Å². The van der Waals surface area contributed by atoms with Gasteiger partial charge < -0.3 is 16.8 Å². The van der Waals surface area contributed by atoms with Gasteiger partial charge in [0.25, 0.3) is 0 Å². The molecule has 4 aromatic rings. The number of nitrogens with two attached hydrogens (primary N) is 2. The van der Waals surface area contributed by atoms with Gasteiger partial charge >= 0.3 is 0 Å². The van der Waals surface area contributed by atoms with Crippen molar-refractivity contribution < 1.29 is 8.78 Å². The summed E-state index contributed by atoms with van der Waals surface area (Å²) in [5, 5.41) is 3.75. The van der Waals surface area contributed by atoms with E-state index in [-0.39, 0.29) is 31.5 Å². The molecule has 138 valence electrons. The molecule has 0 amide bonds. The Bertz CT molecular complexity index is 1180. The highest BCUT2D eigenvalue weighted by atomic mass is 35.5. The number of nitrogens with zero attached hydrogens (tertiary/aromatic N) is 3. The van der Waals surface area contributed by atoms with E-state index >= 15 is 4.39 Å². The number of hydrogen-bond acceptors (Lipinski definition) is 7. The van der Waals surface area contributed by atoms with Gasteiger partial charge in [-0.1, -0.05) is 22.9 Å². The van der Waals surface area contributed by atoms with Crippen molar-refractivity contribution in [3.63, 3.8) is 0 Å². The number of nitrogens with one attached hydrogen (secondary N) is 1. The maximum Gasteiger partial charge on any atom is 0.181 e. The first-order valence-corrected chi connectivity index (χ1v) is 9.12. The molecule has 6 nitrogen and oxygen atoms in total. The van der Waals surface area contributed by atoms with Gasteiger partial charge in [0.05, 0.1) is 15.2 Å². The highest BCUT2D eigenvalue weighted by Crippen LogP contribution is 2.41. The normalized spacial score (nSPS) is 11.4. The molecule has 27 heavy (non-hydrogen) atoms. The lowest BCUT2D eigenvalue weighted by molar-refractivity contribution is 0.638. The molecular formula is C17H13ClF2N6S. The SMILES string of the molecule is NCCNc1ncnc2c(F)c(-c3ccc(F)c4sc(N)nc34)c(Cl)cc12. The topological polar surface area (TPSA) is 103 Å². The minimum Gasteiger partial charge on any atom is -0.375 e. The van der Waals surface area contributed by atoms with E-state index < -0.39 is 11.6 Å². The van der Waals surface area contributed by atoms with Crippen molar-refractivity contribution in [1.82, 2.24) is 15.0 Å². The first-order valence-electron chi connectivity index (χ1n) is 7.92. The second kappa shape index (κ2) is 6.84. The summed E-state index contributed by atoms with van der Waals surface area (Å²) < 4.78 is 29.7. The van der Waals surface area contributed by atoms with E-state index in [9.17, 15) is 4.39 Å². The Labute approximate surface area is 161 Å². The summed E-state index contributed by atoms with van der Waals surface area (Å²) in [6.45, 7) is 0.850. The summed E-state index contributed by atoms with van der Waals surface area (Å²) in [5.41, 5.74) is 12.0. The molecule has 0 radical (unpaired) electrons. The molecule has 0 bridgehead atoms. The molecule has 0 spiro atoms. The van der Waals surface area contributed by atoms with E-state index in [0.29, 0.717) is 29.9 Å². The first-order chi connectivity index (χ1) is 13.0. The second-order valence-electron chi connectivity index (χ2n) is 5.71. The Balaban J connectivity index is 2.00. The zero-order valence-corrected chi connectivity index (χ0v) is 15.3. The number of benzene rings is 2. The van der Waals surface area contributed by atoms with Crippen LogP contribution in [0, 0.1) is 11.6 Å². The predicted octanol–water partition coefficient (Wildman–Crippen LogP) is 3.79. The number of nitrogen functional groups attached to an aromatic ring is 1. The first kappa shape index (κ1) is 17.8. The van der Waals surface area contributed by atoms with Gasteiger partial charge in [0.15, 0.2) is 10.9 Å². The molecule has 0 aliphatic carbocycles. The van der Waals surface area contributed by atoms with Crippen molar-refractivity contribution >= 4 is 55.0 Å². The molecule has 5 N–H and O–H groups in total. The van der Waals surface area contributed by atoms with Crippen molar-refractivity contribution in [2.45, 2.75) is 0 Å². The van der Waals surface area contributed by atoms with Crippen LogP contribution in [-0.4, -0.2) is 28.0 Å². The third-order valence-electron chi connectivity index (χ3n) is 4.04. The Morgan fingerprint density at radius 2 is 2.00 bits per heavy atom. The van der Waals surface area contributed by atoms with Gasteiger partial charge in [-0.15, -0.1) is 0 Å². The Morgan fingerprint density at radius 3 is 2.78 bits per heavy atom. The van der Waals surface area contributed by atoms with Crippen LogP contribution in [0.2, 0.25) is 5.02 Å². The molecule has 0 aliphatic heterocycles. The van der Waals surface area contributed by atoms with Crippen molar-refractivity contribution in [1.29, 1.82) is 0 Å². The molecule has 2 aromatic carbocycles. The summed E-state index contributed by atoms with van der Waals surface area (Å²) in [4.78, 5) is 12.3. The van der Waals surface area contributed by atoms with Crippen LogP contribution >= 0.6 is 22.9 Å². The summed E-state index contributed by atoms with van der Waals surface area (Å²) in [7, 11) is 0. The minimum absolute atomic E-state index is 0.0861. The Kier molecular flexibility index (Phi) is 4.50. The van der Waals surface area contributed by atoms with Crippen molar-refractivity contribution in [2.75, 3.05) is 24.1 Å². The number of thiazole rings is 1. The van der Waals surface area contributed by atoms with E-state index in [1.54, 1.807) is 6.07 Å². The lowest BCUT2D eigenvalue weighted by Gasteiger charge is -2.12. The highest BCUT2D eigenvalue weighted by Gasteiger charge is 2.21. The quantitative estimate of drug-likeness (QED) is 0.476. The number of aromatic nitrogens is 3. The zero-order valence-electron chi connectivity index (χ0n) is 13.8. The second-order valence-corrected chi connectivity index (χ2v) is 7.14. The number of hydrogen-bond donors (Lipinski definition) is 3. The van der Waals surface area contributed by atoms with Gasteiger partial charge in [0, 0.05) is 29.6 Å². The maximum atomic E-state index is 15.4. The fourth-order valence-electron chi connectivity index (χ4n) is 2.90. The summed E-state index contributed by atoms with van der Waals surface area (Å²) in [6, 6.07) is 4.24. The van der Waals surface area contributed by atoms with Gasteiger partial charge in [0.1, 0.15) is 23.5 Å². The molecular weight excluding hydrogens is 394 g/mol. The van der Waals surface area contributed by atoms with Gasteiger partial charge in [-0.25, -0.2) is 23.7 Å². The molecule has 2 heterocycles. The molecule has 0 saturated carbocycles. The molecule has 10 heteroatoms. The number of anilines is 2. The zero-order chi connectivity index (χ0) is 19.1. The van der Waals surface area contributed by atoms with E-state index in [0.717, 1.165) is 11.3 Å². The molecule has 0 unspecified atom stereocenters. The van der Waals surface area contributed by atoms with Gasteiger partial charge in [-0.05, 0) is 18.2 Å². The largest absolute Gasteiger partial charge is 0.375 e. The van der Waals surface area contributed by atoms with Gasteiger partial charge in [-0.3, -0.25) is 0 Å². The monoisotopic (exact) mass is 406 g/mol. The van der Waals surface area contributed by atoms with E-state index in [1.807, 2.05) is 0 Å². The molecule has 0 atom stereocenters. The average molecular weight is 407 g/mol. The molecule has 0 saturated heterocycles. The molecule has 2 aromatic heterocycles. The van der Waals surface area contributed by atoms with Crippen LogP contribution < -0.4 is 16.8 Å². The van der Waals surface area contributed by atoms with Crippen LogP contribution in [0.1, 0.15) is 0 Å². The third kappa shape index (κ3) is 2.93. The lowest BCUT2D eigenvalue weighted by Crippen LogP contribution is -2.14. The van der Waals surface area contributed by atoms with E-state index in [4.69, 9.17) is 23.1 Å². The van der Waals surface area contributed by atoms with Crippen LogP contribution in [0.25, 0.3) is 32.2 Å². The van der Waals surface area contributed by atoms with Crippen molar-refractivity contribution in [2.24, 2.45) is 5.73 Å². The molecule has 0 aliphatic rings. The fourth-order valence-corrected chi connectivity index (χ4v) is 3.96. The molecule has 0 fully saturated rings. The smallest absolute Gasteiger partial charge is 0.181 e. The highest BCUT2D eigenvalue weighted by molar-refractivity contribution is 7.22. The number of fused-ring (bicyclic) bond motifs is 2. The number of halogens is 3. The van der Waals surface area contributed by atoms with Crippen LogP contribution in [0.4, 0.5) is 19.7 Å². The summed E-state index contributed by atoms with van der Waals surface area (Å²) >= 11 is 7.39. The predicted molar refractivity (Wildman–Crippen MR) is 105 cm³/mol. The summed E-state index contributed by atoms with van der Waals surface area (Å²) in [6.07, 6.45) is 1.25. The van der Waals surface area contributed by atoms with Gasteiger partial charge in [0.2, 0.25) is 0 Å². The Morgan fingerprint density at radius 1 is 1.19 bits per heavy atom. The van der Waals surface area contributed by atoms with Crippen LogP contribution in [0.15, 0.2) is 24.5 Å². The van der Waals surface area contributed by atoms with Crippen LogP contribution in [-0.2, 0) is 0 Å². The van der Waals surface area contributed by atoms with Crippen molar-refractivity contribution in [3.8, 4) is 11.1 Å².